The Kier molecular flexibility index (Phi) is 10.1. The lowest BCUT2D eigenvalue weighted by Crippen LogP contribution is -2.45. The number of sulfonamides is 1. The van der Waals surface area contributed by atoms with Crippen LogP contribution in [0, 0.1) is 5.82 Å². The van der Waals surface area contributed by atoms with Gasteiger partial charge in [-0.3, -0.25) is 0 Å². The smallest absolute Gasteiger partial charge is 0.353 e. The first-order valence-corrected chi connectivity index (χ1v) is 13.5. The molecule has 0 spiro atoms. The van der Waals surface area contributed by atoms with E-state index in [2.05, 4.69) is 14.9 Å². The van der Waals surface area contributed by atoms with Crippen LogP contribution in [-0.4, -0.2) is 61.1 Å². The van der Waals surface area contributed by atoms with Gasteiger partial charge in [-0.25, -0.2) is 32.3 Å². The van der Waals surface area contributed by atoms with E-state index in [0.29, 0.717) is 35.5 Å². The largest absolute Gasteiger partial charge is 0.355 e. The van der Waals surface area contributed by atoms with Gasteiger partial charge in [0.1, 0.15) is 5.82 Å². The minimum absolute atomic E-state index is 0.132. The summed E-state index contributed by atoms with van der Waals surface area (Å²) in [6.07, 6.45) is 0. The second-order valence-electron chi connectivity index (χ2n) is 7.45. The van der Waals surface area contributed by atoms with Crippen LogP contribution in [0.3, 0.4) is 0 Å². The Balaban J connectivity index is 0.00000103. The van der Waals surface area contributed by atoms with Gasteiger partial charge in [-0.2, -0.15) is 4.98 Å². The fraction of sp³-hybridized carbons (Fsp3) is 0.435. The summed E-state index contributed by atoms with van der Waals surface area (Å²) in [5, 5.41) is 5.09. The monoisotopic (exact) mass is 526 g/mol. The Hall–Kier alpha value is -2.60. The van der Waals surface area contributed by atoms with Crippen LogP contribution in [0.15, 0.2) is 35.1 Å². The van der Waals surface area contributed by atoms with E-state index in [9.17, 15) is 17.6 Å². The highest BCUT2D eigenvalue weighted by molar-refractivity contribution is 7.88. The van der Waals surface area contributed by atoms with E-state index >= 15 is 0 Å². The molecule has 1 fully saturated rings. The third kappa shape index (κ3) is 6.97. The number of likely N-dealkylation sites (N-methyl/N-ethyl adjacent to an activating group) is 1. The van der Waals surface area contributed by atoms with Crippen LogP contribution in [0.25, 0.3) is 16.7 Å². The second-order valence-corrected chi connectivity index (χ2v) is 9.43. The molecular weight excluding hydrogens is 495 g/mol. The van der Waals surface area contributed by atoms with Crippen molar-refractivity contribution in [1.29, 1.82) is 0 Å². The van der Waals surface area contributed by atoms with Crippen LogP contribution in [0.4, 0.5) is 10.2 Å². The Morgan fingerprint density at radius 2 is 1.69 bits per heavy atom. The number of aromatic nitrogens is 3. The van der Waals surface area contributed by atoms with E-state index in [1.807, 2.05) is 39.6 Å². The lowest BCUT2D eigenvalue weighted by molar-refractivity contribution is 0.312. The van der Waals surface area contributed by atoms with Gasteiger partial charge in [0.25, 0.3) is 0 Å². The first-order valence-electron chi connectivity index (χ1n) is 11.4. The van der Waals surface area contributed by atoms with E-state index in [0.717, 1.165) is 13.1 Å². The van der Waals surface area contributed by atoms with Gasteiger partial charge in [0.2, 0.25) is 10.0 Å². The average Bonchev–Trinajstić information content (AvgIpc) is 2.82. The minimum Gasteiger partial charge on any atom is -0.353 e. The molecule has 9 nitrogen and oxygen atoms in total. The van der Waals surface area contributed by atoms with Crippen molar-refractivity contribution in [1.82, 2.24) is 19.4 Å². The number of benzene rings is 1. The molecular formula is C23H32ClFN6O3S. The molecule has 1 aromatic carbocycles. The van der Waals surface area contributed by atoms with Gasteiger partial charge < -0.3 is 9.80 Å². The van der Waals surface area contributed by atoms with E-state index in [1.54, 1.807) is 18.2 Å². The zero-order valence-electron chi connectivity index (χ0n) is 20.6. The summed E-state index contributed by atoms with van der Waals surface area (Å²) in [6.45, 7) is 10.8. The number of piperazine rings is 1. The third-order valence-electron chi connectivity index (χ3n) is 5.10. The van der Waals surface area contributed by atoms with Crippen LogP contribution in [0.5, 0.6) is 0 Å². The average molecular weight is 527 g/mol. The normalized spacial score (nSPS) is 14.1. The molecule has 0 radical (unpaired) electrons. The van der Waals surface area contributed by atoms with Gasteiger partial charge in [0.15, 0.2) is 16.6 Å². The molecule has 1 aliphatic heterocycles. The molecule has 3 heterocycles. The number of rotatable bonds is 4. The molecule has 1 aliphatic rings. The summed E-state index contributed by atoms with van der Waals surface area (Å²) >= 11 is 5.94. The van der Waals surface area contributed by atoms with Crippen molar-refractivity contribution in [2.45, 2.75) is 33.4 Å². The van der Waals surface area contributed by atoms with Crippen LogP contribution in [0.2, 0.25) is 5.15 Å². The number of hydrogen-bond acceptors (Lipinski definition) is 7. The van der Waals surface area contributed by atoms with E-state index in [1.165, 1.54) is 16.7 Å². The molecule has 4 rings (SSSR count). The summed E-state index contributed by atoms with van der Waals surface area (Å²) in [7, 11) is -1.77. The van der Waals surface area contributed by atoms with Crippen molar-refractivity contribution in [2.24, 2.45) is 5.14 Å². The number of primary sulfonamides is 1. The lowest BCUT2D eigenvalue weighted by atomic mass is 10.2. The molecule has 35 heavy (non-hydrogen) atoms. The highest BCUT2D eigenvalue weighted by Gasteiger charge is 2.23. The summed E-state index contributed by atoms with van der Waals surface area (Å²) in [6, 6.07) is 7.49. The third-order valence-corrected chi connectivity index (χ3v) is 6.10. The summed E-state index contributed by atoms with van der Waals surface area (Å²) in [5.41, 5.74) is 0.206. The van der Waals surface area contributed by atoms with E-state index < -0.39 is 27.3 Å². The van der Waals surface area contributed by atoms with Crippen LogP contribution < -0.4 is 15.7 Å². The van der Waals surface area contributed by atoms with Crippen molar-refractivity contribution < 1.29 is 12.8 Å². The maximum Gasteiger partial charge on any atom is 0.355 e. The van der Waals surface area contributed by atoms with Gasteiger partial charge in [-0.1, -0.05) is 51.4 Å². The quantitative estimate of drug-likeness (QED) is 0.519. The van der Waals surface area contributed by atoms with Crippen molar-refractivity contribution in [3.05, 3.63) is 57.3 Å². The molecule has 0 unspecified atom stereocenters. The van der Waals surface area contributed by atoms with Crippen molar-refractivity contribution in [3.63, 3.8) is 0 Å². The predicted molar refractivity (Wildman–Crippen MR) is 139 cm³/mol. The number of fused-ring (bicyclic) bond motifs is 1. The van der Waals surface area contributed by atoms with E-state index in [4.69, 9.17) is 16.7 Å². The Morgan fingerprint density at radius 3 is 2.29 bits per heavy atom. The molecule has 0 saturated carbocycles. The lowest BCUT2D eigenvalue weighted by Gasteiger charge is -2.33. The highest BCUT2D eigenvalue weighted by Crippen LogP contribution is 2.28. The molecule has 192 valence electrons. The predicted octanol–water partition coefficient (Wildman–Crippen LogP) is 3.17. The molecule has 12 heteroatoms. The zero-order valence-corrected chi connectivity index (χ0v) is 22.2. The molecule has 2 N–H and O–H groups in total. The summed E-state index contributed by atoms with van der Waals surface area (Å²) in [4.78, 5) is 25.5. The minimum atomic E-state index is -3.77. The van der Waals surface area contributed by atoms with Crippen LogP contribution in [-0.2, 0) is 15.8 Å². The van der Waals surface area contributed by atoms with Gasteiger partial charge in [0.05, 0.1) is 16.8 Å². The maximum absolute atomic E-state index is 14.3. The summed E-state index contributed by atoms with van der Waals surface area (Å²) in [5.74, 6) is -0.781. The molecule has 0 amide bonds. The van der Waals surface area contributed by atoms with Crippen molar-refractivity contribution in [3.8, 4) is 5.69 Å². The topological polar surface area (TPSA) is 114 Å². The Bertz CT molecular complexity index is 1320. The highest BCUT2D eigenvalue weighted by atomic mass is 35.5. The Morgan fingerprint density at radius 1 is 1.06 bits per heavy atom. The van der Waals surface area contributed by atoms with Gasteiger partial charge in [-0.15, -0.1) is 0 Å². The van der Waals surface area contributed by atoms with Crippen molar-refractivity contribution >= 4 is 38.5 Å². The first-order chi connectivity index (χ1) is 16.6. The van der Waals surface area contributed by atoms with Crippen LogP contribution in [0.1, 0.15) is 33.3 Å². The fourth-order valence-corrected chi connectivity index (χ4v) is 4.37. The number of halogens is 2. The van der Waals surface area contributed by atoms with Gasteiger partial charge in [-0.05, 0) is 30.8 Å². The Labute approximate surface area is 210 Å². The number of pyridine rings is 1. The number of nitrogens with zero attached hydrogens (tertiary/aromatic N) is 5. The van der Waals surface area contributed by atoms with Gasteiger partial charge >= 0.3 is 5.69 Å². The first kappa shape index (κ1) is 28.6. The second kappa shape index (κ2) is 12.4. The maximum atomic E-state index is 14.3. The molecule has 0 atom stereocenters. The number of nitrogens with two attached hydrogens (primary N) is 1. The standard InChI is InChI=1S/C19H20ClFN6O3S.2C2H6/c1-25-5-7-26(8-6-25)17-14-10-15(21)16(20)23-18(14)27(19(28)24-17)13-4-2-3-12(9-13)11-31(22,29)30;2*1-2/h2-4,9-10H,5-8,11H2,1H3,(H2,22,29,30);2*1-2H3. The zero-order chi connectivity index (χ0) is 26.3. The molecule has 1 saturated heterocycles. The molecule has 0 bridgehead atoms. The summed E-state index contributed by atoms with van der Waals surface area (Å²) < 4.78 is 38.5. The molecule has 2 aromatic heterocycles. The number of anilines is 1. The van der Waals surface area contributed by atoms with Crippen LogP contribution >= 0.6 is 11.6 Å². The molecule has 0 aliphatic carbocycles. The SMILES string of the molecule is CC.CC.CN1CCN(c2nc(=O)n(-c3cccc(CS(N)(=O)=O)c3)c3nc(Cl)c(F)cc23)CC1. The van der Waals surface area contributed by atoms with Crippen molar-refractivity contribution in [2.75, 3.05) is 38.1 Å². The fourth-order valence-electron chi connectivity index (χ4n) is 3.59. The van der Waals surface area contributed by atoms with Gasteiger partial charge in [0, 0.05) is 26.2 Å². The molecule has 3 aromatic rings. The number of hydrogen-bond donors (Lipinski definition) is 1. The van der Waals surface area contributed by atoms with E-state index in [-0.39, 0.29) is 10.8 Å².